The highest BCUT2D eigenvalue weighted by atomic mass is 16.2. The SMILES string of the molecule is CN[C@@H](C)C(=O)NC1CN(C(=O)CC(C)C)CCC[C@H]2CC[C@@H](C(=O)NC(c3ccccc3)c3ccccc3)N2C1=O. The van der Waals surface area contributed by atoms with Crippen LogP contribution in [0.2, 0.25) is 0 Å². The molecule has 1 unspecified atom stereocenters. The van der Waals surface area contributed by atoms with Gasteiger partial charge in [-0.15, -0.1) is 0 Å². The molecular formula is C33H45N5O4. The summed E-state index contributed by atoms with van der Waals surface area (Å²) in [5.74, 6) is -0.699. The predicted molar refractivity (Wildman–Crippen MR) is 162 cm³/mol. The first kappa shape index (κ1) is 31.2. The largest absolute Gasteiger partial charge is 0.343 e. The van der Waals surface area contributed by atoms with Crippen LogP contribution in [0.3, 0.4) is 0 Å². The molecule has 0 radical (unpaired) electrons. The molecule has 0 aromatic heterocycles. The fourth-order valence-electron chi connectivity index (χ4n) is 5.97. The molecule has 2 aromatic rings. The van der Waals surface area contributed by atoms with E-state index in [1.54, 1.807) is 23.8 Å². The van der Waals surface area contributed by atoms with Gasteiger partial charge in [0.15, 0.2) is 0 Å². The maximum atomic E-state index is 14.3. The van der Waals surface area contributed by atoms with Gasteiger partial charge in [-0.05, 0) is 56.7 Å². The van der Waals surface area contributed by atoms with Gasteiger partial charge in [-0.1, -0.05) is 74.5 Å². The summed E-state index contributed by atoms with van der Waals surface area (Å²) in [5, 5.41) is 9.05. The van der Waals surface area contributed by atoms with Crippen LogP contribution < -0.4 is 16.0 Å². The van der Waals surface area contributed by atoms with Gasteiger partial charge in [-0.2, -0.15) is 0 Å². The van der Waals surface area contributed by atoms with Crippen LogP contribution in [0.25, 0.3) is 0 Å². The van der Waals surface area contributed by atoms with E-state index in [1.165, 1.54) is 0 Å². The number of amides is 4. The van der Waals surface area contributed by atoms with E-state index in [0.717, 1.165) is 17.5 Å². The first-order valence-corrected chi connectivity index (χ1v) is 15.2. The second-order valence-electron chi connectivity index (χ2n) is 11.9. The molecule has 0 saturated carbocycles. The summed E-state index contributed by atoms with van der Waals surface area (Å²) in [7, 11) is 1.68. The summed E-state index contributed by atoms with van der Waals surface area (Å²) < 4.78 is 0. The first-order chi connectivity index (χ1) is 20.2. The quantitative estimate of drug-likeness (QED) is 0.426. The van der Waals surface area contributed by atoms with Crippen molar-refractivity contribution in [2.24, 2.45) is 5.92 Å². The standard InChI is InChI=1S/C33H45N5O4/c1-22(2)20-29(39)37-19-11-16-26-17-18-28(38(26)33(42)27(21-37)35-31(40)23(3)34-4)32(41)36-30(24-12-7-5-8-13-24)25-14-9-6-10-15-25/h5-10,12-15,22-23,26-28,30,34H,11,16-21H2,1-4H3,(H,35,40)(H,36,41)/t23-,26-,27?,28-/m0/s1. The third-order valence-electron chi connectivity index (χ3n) is 8.36. The van der Waals surface area contributed by atoms with E-state index < -0.39 is 18.1 Å². The Morgan fingerprint density at radius 2 is 1.52 bits per heavy atom. The van der Waals surface area contributed by atoms with Crippen molar-refractivity contribution in [2.45, 2.75) is 83.1 Å². The Morgan fingerprint density at radius 3 is 2.10 bits per heavy atom. The lowest BCUT2D eigenvalue weighted by atomic mass is 9.98. The van der Waals surface area contributed by atoms with Crippen molar-refractivity contribution in [1.82, 2.24) is 25.8 Å². The van der Waals surface area contributed by atoms with Crippen LogP contribution in [0.4, 0.5) is 0 Å². The lowest BCUT2D eigenvalue weighted by molar-refractivity contribution is -0.144. The molecule has 9 nitrogen and oxygen atoms in total. The molecule has 2 aliphatic rings. The summed E-state index contributed by atoms with van der Waals surface area (Å²) in [4.78, 5) is 57.8. The molecule has 2 heterocycles. The number of fused-ring (bicyclic) bond motifs is 1. The normalized spacial score (nSPS) is 21.8. The van der Waals surface area contributed by atoms with Crippen LogP contribution in [0, 0.1) is 5.92 Å². The molecular weight excluding hydrogens is 530 g/mol. The number of carbonyl (C=O) groups excluding carboxylic acids is 4. The highest BCUT2D eigenvalue weighted by molar-refractivity contribution is 5.94. The van der Waals surface area contributed by atoms with Gasteiger partial charge in [0.25, 0.3) is 0 Å². The van der Waals surface area contributed by atoms with Crippen molar-refractivity contribution in [1.29, 1.82) is 0 Å². The Morgan fingerprint density at radius 1 is 0.905 bits per heavy atom. The fourth-order valence-corrected chi connectivity index (χ4v) is 5.97. The molecule has 0 bridgehead atoms. The Labute approximate surface area is 249 Å². The number of nitrogens with zero attached hydrogens (tertiary/aromatic N) is 2. The molecule has 4 rings (SSSR count). The molecule has 2 fully saturated rings. The molecule has 2 aliphatic heterocycles. The smallest absolute Gasteiger partial charge is 0.247 e. The molecule has 42 heavy (non-hydrogen) atoms. The molecule has 0 aliphatic carbocycles. The van der Waals surface area contributed by atoms with Crippen molar-refractivity contribution < 1.29 is 19.2 Å². The zero-order valence-corrected chi connectivity index (χ0v) is 25.2. The third-order valence-corrected chi connectivity index (χ3v) is 8.36. The molecule has 3 N–H and O–H groups in total. The lowest BCUT2D eigenvalue weighted by Gasteiger charge is -2.34. The van der Waals surface area contributed by atoms with Crippen molar-refractivity contribution in [3.05, 3.63) is 71.8 Å². The topological polar surface area (TPSA) is 111 Å². The zero-order valence-electron chi connectivity index (χ0n) is 25.2. The van der Waals surface area contributed by atoms with Crippen molar-refractivity contribution >= 4 is 23.6 Å². The minimum absolute atomic E-state index is 0.0244. The van der Waals surface area contributed by atoms with Gasteiger partial charge in [0.2, 0.25) is 23.6 Å². The van der Waals surface area contributed by atoms with Gasteiger partial charge in [-0.3, -0.25) is 19.2 Å². The van der Waals surface area contributed by atoms with E-state index in [2.05, 4.69) is 16.0 Å². The Kier molecular flexibility index (Phi) is 10.7. The summed E-state index contributed by atoms with van der Waals surface area (Å²) in [5.41, 5.74) is 1.90. The van der Waals surface area contributed by atoms with Crippen molar-refractivity contribution in [3.8, 4) is 0 Å². The number of nitrogens with one attached hydrogen (secondary N) is 3. The third kappa shape index (κ3) is 7.56. The zero-order chi connectivity index (χ0) is 30.2. The summed E-state index contributed by atoms with van der Waals surface area (Å²) >= 11 is 0. The minimum atomic E-state index is -0.947. The van der Waals surface area contributed by atoms with E-state index >= 15 is 0 Å². The van der Waals surface area contributed by atoms with E-state index in [1.807, 2.05) is 74.5 Å². The van der Waals surface area contributed by atoms with Gasteiger partial charge < -0.3 is 25.8 Å². The Hall–Kier alpha value is -3.72. The Bertz CT molecular complexity index is 1180. The second-order valence-corrected chi connectivity index (χ2v) is 11.9. The molecule has 2 saturated heterocycles. The van der Waals surface area contributed by atoms with Crippen LogP contribution >= 0.6 is 0 Å². The second kappa shape index (κ2) is 14.4. The van der Waals surface area contributed by atoms with E-state index in [0.29, 0.717) is 32.2 Å². The van der Waals surface area contributed by atoms with Crippen LogP contribution in [0.15, 0.2) is 60.7 Å². The van der Waals surface area contributed by atoms with Crippen LogP contribution in [0.1, 0.15) is 70.0 Å². The molecule has 4 atom stereocenters. The minimum Gasteiger partial charge on any atom is -0.343 e. The molecule has 2 aromatic carbocycles. The average molecular weight is 576 g/mol. The first-order valence-electron chi connectivity index (χ1n) is 15.2. The predicted octanol–water partition coefficient (Wildman–Crippen LogP) is 3.01. The van der Waals surface area contributed by atoms with E-state index in [4.69, 9.17) is 0 Å². The highest BCUT2D eigenvalue weighted by Gasteiger charge is 2.45. The van der Waals surface area contributed by atoms with Gasteiger partial charge in [0.1, 0.15) is 12.1 Å². The molecule has 9 heteroatoms. The molecule has 226 valence electrons. The number of carbonyl (C=O) groups is 4. The van der Waals surface area contributed by atoms with Crippen LogP contribution in [-0.2, 0) is 19.2 Å². The summed E-state index contributed by atoms with van der Waals surface area (Å²) in [6.45, 7) is 6.30. The molecule has 0 spiro atoms. The maximum absolute atomic E-state index is 14.3. The van der Waals surface area contributed by atoms with Gasteiger partial charge in [0.05, 0.1) is 12.1 Å². The lowest BCUT2D eigenvalue weighted by Crippen LogP contribution is -2.60. The van der Waals surface area contributed by atoms with Crippen molar-refractivity contribution in [2.75, 3.05) is 20.1 Å². The number of likely N-dealkylation sites (N-methyl/N-ethyl adjacent to an activating group) is 1. The number of hydrogen-bond acceptors (Lipinski definition) is 5. The van der Waals surface area contributed by atoms with Crippen molar-refractivity contribution in [3.63, 3.8) is 0 Å². The van der Waals surface area contributed by atoms with E-state index in [9.17, 15) is 19.2 Å². The van der Waals surface area contributed by atoms with Gasteiger partial charge >= 0.3 is 0 Å². The number of benzene rings is 2. The molecule has 4 amide bonds. The summed E-state index contributed by atoms with van der Waals surface area (Å²) in [6, 6.07) is 17.0. The Balaban J connectivity index is 1.62. The number of hydrogen-bond donors (Lipinski definition) is 3. The maximum Gasteiger partial charge on any atom is 0.247 e. The highest BCUT2D eigenvalue weighted by Crippen LogP contribution is 2.31. The van der Waals surface area contributed by atoms with Gasteiger partial charge in [0, 0.05) is 25.6 Å². The average Bonchev–Trinajstić information content (AvgIpc) is 3.43. The van der Waals surface area contributed by atoms with Crippen LogP contribution in [0.5, 0.6) is 0 Å². The van der Waals surface area contributed by atoms with Gasteiger partial charge in [-0.25, -0.2) is 0 Å². The van der Waals surface area contributed by atoms with E-state index in [-0.39, 0.29) is 48.2 Å². The summed E-state index contributed by atoms with van der Waals surface area (Å²) in [6.07, 6.45) is 3.02. The number of rotatable bonds is 9. The van der Waals surface area contributed by atoms with Crippen LogP contribution in [-0.4, -0.2) is 77.7 Å². The monoisotopic (exact) mass is 575 g/mol. The fraction of sp³-hybridized carbons (Fsp3) is 0.515.